The molecule has 0 aliphatic heterocycles. The lowest BCUT2D eigenvalue weighted by atomic mass is 9.99. The van der Waals surface area contributed by atoms with Gasteiger partial charge in [0, 0.05) is 40.9 Å². The van der Waals surface area contributed by atoms with E-state index in [1.807, 2.05) is 61.5 Å². The fourth-order valence-electron chi connectivity index (χ4n) is 3.70. The van der Waals surface area contributed by atoms with Crippen molar-refractivity contribution in [3.05, 3.63) is 99.2 Å². The van der Waals surface area contributed by atoms with Gasteiger partial charge in [0.05, 0.1) is 0 Å². The van der Waals surface area contributed by atoms with Crippen LogP contribution in [0.1, 0.15) is 5.56 Å². The second-order valence-corrected chi connectivity index (χ2v) is 7.57. The Bertz CT molecular complexity index is 1540. The molecule has 0 fully saturated rings. The van der Waals surface area contributed by atoms with Crippen molar-refractivity contribution >= 4 is 39.3 Å². The molecule has 3 aromatic carbocycles. The van der Waals surface area contributed by atoms with E-state index in [0.29, 0.717) is 11.5 Å². The summed E-state index contributed by atoms with van der Waals surface area (Å²) in [5, 5.41) is 7.66. The molecule has 0 aliphatic carbocycles. The standard InChI is InChI=1S/C25H19N5O2/c1-14-7-8-27-12-18(14)15-9-16-11-21(28-13-19(16)20(26)10-15)30-23-22(24(31)25(23)32)29-17-5-3-2-4-6-17/h2-13,29H,26H2,1H3,(H,28,30). The summed E-state index contributed by atoms with van der Waals surface area (Å²) in [6.07, 6.45) is 5.21. The van der Waals surface area contributed by atoms with Crippen molar-refractivity contribution in [2.45, 2.75) is 6.92 Å². The monoisotopic (exact) mass is 421 g/mol. The first-order valence-corrected chi connectivity index (χ1v) is 10.0. The summed E-state index contributed by atoms with van der Waals surface area (Å²) in [5.74, 6) is 0.445. The van der Waals surface area contributed by atoms with Crippen molar-refractivity contribution in [3.8, 4) is 11.1 Å². The summed E-state index contributed by atoms with van der Waals surface area (Å²) in [6, 6.07) is 16.9. The van der Waals surface area contributed by atoms with Crippen molar-refractivity contribution in [3.63, 3.8) is 0 Å². The van der Waals surface area contributed by atoms with Crippen LogP contribution in [-0.2, 0) is 0 Å². The largest absolute Gasteiger partial charge is 0.398 e. The molecule has 7 heteroatoms. The molecule has 0 aliphatic rings. The molecule has 5 rings (SSSR count). The molecule has 0 amide bonds. The summed E-state index contributed by atoms with van der Waals surface area (Å²) < 4.78 is 0. The number of fused-ring (bicyclic) bond motifs is 1. The van der Waals surface area contributed by atoms with Crippen LogP contribution in [0.2, 0.25) is 0 Å². The molecule has 4 N–H and O–H groups in total. The van der Waals surface area contributed by atoms with Gasteiger partial charge in [-0.05, 0) is 59.8 Å². The summed E-state index contributed by atoms with van der Waals surface area (Å²) in [7, 11) is 0. The zero-order valence-corrected chi connectivity index (χ0v) is 17.2. The lowest BCUT2D eigenvalue weighted by Crippen LogP contribution is -2.35. The molecule has 5 aromatic rings. The molecule has 0 saturated heterocycles. The third-order valence-corrected chi connectivity index (χ3v) is 5.43. The normalized spacial score (nSPS) is 11.0. The summed E-state index contributed by atoms with van der Waals surface area (Å²) in [4.78, 5) is 32.9. The van der Waals surface area contributed by atoms with Crippen LogP contribution in [0.15, 0.2) is 82.8 Å². The van der Waals surface area contributed by atoms with Crippen LogP contribution >= 0.6 is 0 Å². The highest BCUT2D eigenvalue weighted by atomic mass is 16.2. The number of benzene rings is 2. The molecule has 0 bridgehead atoms. The first-order valence-electron chi connectivity index (χ1n) is 10.0. The maximum absolute atomic E-state index is 12.2. The smallest absolute Gasteiger partial charge is 0.253 e. The van der Waals surface area contributed by atoms with Gasteiger partial charge in [-0.25, -0.2) is 4.98 Å². The molecule has 0 unspecified atom stereocenters. The van der Waals surface area contributed by atoms with Crippen molar-refractivity contribution in [2.24, 2.45) is 0 Å². The number of nitrogens with two attached hydrogens (primary N) is 1. The lowest BCUT2D eigenvalue weighted by molar-refractivity contribution is 1.28. The van der Waals surface area contributed by atoms with Crippen LogP contribution in [0.25, 0.3) is 21.9 Å². The molecule has 7 nitrogen and oxygen atoms in total. The summed E-state index contributed by atoms with van der Waals surface area (Å²) >= 11 is 0. The predicted octanol–water partition coefficient (Wildman–Crippen LogP) is 4.27. The lowest BCUT2D eigenvalue weighted by Gasteiger charge is -2.15. The molecule has 156 valence electrons. The van der Waals surface area contributed by atoms with E-state index in [1.165, 1.54) is 0 Å². The highest BCUT2D eigenvalue weighted by Gasteiger charge is 2.21. The number of aromatic nitrogens is 2. The van der Waals surface area contributed by atoms with Gasteiger partial charge in [0.15, 0.2) is 0 Å². The van der Waals surface area contributed by atoms with Crippen molar-refractivity contribution in [1.29, 1.82) is 0 Å². The maximum atomic E-state index is 12.2. The number of rotatable bonds is 5. The molecular formula is C25H19N5O2. The Labute approximate surface area is 183 Å². The van der Waals surface area contributed by atoms with Gasteiger partial charge in [-0.15, -0.1) is 0 Å². The van der Waals surface area contributed by atoms with E-state index in [1.54, 1.807) is 18.6 Å². The zero-order valence-electron chi connectivity index (χ0n) is 17.2. The highest BCUT2D eigenvalue weighted by molar-refractivity contribution is 5.98. The average molecular weight is 421 g/mol. The Morgan fingerprint density at radius 2 is 1.62 bits per heavy atom. The Morgan fingerprint density at radius 1 is 0.875 bits per heavy atom. The Balaban J connectivity index is 1.51. The van der Waals surface area contributed by atoms with E-state index >= 15 is 0 Å². The number of nitrogens with zero attached hydrogens (tertiary/aromatic N) is 2. The molecule has 0 saturated carbocycles. The topological polar surface area (TPSA) is 110 Å². The molecule has 0 radical (unpaired) electrons. The fourth-order valence-corrected chi connectivity index (χ4v) is 3.70. The number of anilines is 5. The average Bonchev–Trinajstić information content (AvgIpc) is 2.81. The van der Waals surface area contributed by atoms with E-state index in [2.05, 4.69) is 20.6 Å². The van der Waals surface area contributed by atoms with Gasteiger partial charge in [0.25, 0.3) is 10.9 Å². The second-order valence-electron chi connectivity index (χ2n) is 7.57. The SMILES string of the molecule is Cc1ccncc1-c1cc(N)c2cnc(Nc3c(Nc4ccccc4)c(=O)c3=O)cc2c1. The number of pyridine rings is 2. The zero-order chi connectivity index (χ0) is 22.2. The van der Waals surface area contributed by atoms with Crippen LogP contribution in [0, 0.1) is 6.92 Å². The van der Waals surface area contributed by atoms with Crippen LogP contribution in [0.5, 0.6) is 0 Å². The molecule has 0 atom stereocenters. The van der Waals surface area contributed by atoms with Crippen LogP contribution in [0.4, 0.5) is 28.6 Å². The van der Waals surface area contributed by atoms with Gasteiger partial charge < -0.3 is 16.4 Å². The van der Waals surface area contributed by atoms with Crippen molar-refractivity contribution in [2.75, 3.05) is 16.4 Å². The quantitative estimate of drug-likeness (QED) is 0.287. The Hall–Kier alpha value is -4.52. The minimum Gasteiger partial charge on any atom is -0.398 e. The maximum Gasteiger partial charge on any atom is 0.253 e. The van der Waals surface area contributed by atoms with E-state index in [0.717, 1.165) is 33.2 Å². The highest BCUT2D eigenvalue weighted by Crippen LogP contribution is 2.32. The second kappa shape index (κ2) is 7.63. The minimum absolute atomic E-state index is 0.193. The predicted molar refractivity (Wildman–Crippen MR) is 128 cm³/mol. The first-order chi connectivity index (χ1) is 15.5. The van der Waals surface area contributed by atoms with E-state index < -0.39 is 10.9 Å². The number of aryl methyl sites for hydroxylation is 1. The number of nitrogens with one attached hydrogen (secondary N) is 2. The number of hydrogen-bond donors (Lipinski definition) is 3. The van der Waals surface area contributed by atoms with E-state index in [9.17, 15) is 9.59 Å². The minimum atomic E-state index is -0.579. The van der Waals surface area contributed by atoms with Gasteiger partial charge in [0.1, 0.15) is 17.2 Å². The van der Waals surface area contributed by atoms with Gasteiger partial charge >= 0.3 is 0 Å². The van der Waals surface area contributed by atoms with Crippen molar-refractivity contribution < 1.29 is 0 Å². The number of para-hydroxylation sites is 1. The molecule has 32 heavy (non-hydrogen) atoms. The number of nitrogen functional groups attached to an aromatic ring is 1. The van der Waals surface area contributed by atoms with Gasteiger partial charge in [-0.3, -0.25) is 14.6 Å². The summed E-state index contributed by atoms with van der Waals surface area (Å²) in [5.41, 5.74) is 9.90. The Kier molecular flexibility index (Phi) is 4.63. The Morgan fingerprint density at radius 3 is 2.38 bits per heavy atom. The summed E-state index contributed by atoms with van der Waals surface area (Å²) in [6.45, 7) is 2.02. The third kappa shape index (κ3) is 3.35. The third-order valence-electron chi connectivity index (χ3n) is 5.43. The molecule has 2 aromatic heterocycles. The number of hydrogen-bond acceptors (Lipinski definition) is 7. The van der Waals surface area contributed by atoms with Crippen LogP contribution < -0.4 is 27.2 Å². The van der Waals surface area contributed by atoms with Gasteiger partial charge in [-0.2, -0.15) is 0 Å². The van der Waals surface area contributed by atoms with E-state index in [4.69, 9.17) is 5.73 Å². The molecule has 2 heterocycles. The molecule has 0 spiro atoms. The van der Waals surface area contributed by atoms with Gasteiger partial charge in [0.2, 0.25) is 0 Å². The van der Waals surface area contributed by atoms with Crippen LogP contribution in [-0.4, -0.2) is 9.97 Å². The fraction of sp³-hybridized carbons (Fsp3) is 0.0400. The van der Waals surface area contributed by atoms with Crippen LogP contribution in [0.3, 0.4) is 0 Å². The molecular weight excluding hydrogens is 402 g/mol. The van der Waals surface area contributed by atoms with E-state index in [-0.39, 0.29) is 11.4 Å². The van der Waals surface area contributed by atoms with Crippen molar-refractivity contribution in [1.82, 2.24) is 9.97 Å². The van der Waals surface area contributed by atoms with Gasteiger partial charge in [-0.1, -0.05) is 18.2 Å². The first kappa shape index (κ1) is 19.4.